The first kappa shape index (κ1) is 24.1. The van der Waals surface area contributed by atoms with Gasteiger partial charge in [0.15, 0.2) is 0 Å². The first-order valence-corrected chi connectivity index (χ1v) is 12.2. The predicted octanol–water partition coefficient (Wildman–Crippen LogP) is 5.02. The molecular formula is C32H18N6O2. The van der Waals surface area contributed by atoms with Crippen molar-refractivity contribution in [1.82, 2.24) is 0 Å². The second-order valence-corrected chi connectivity index (χ2v) is 9.38. The Morgan fingerprint density at radius 3 is 1.20 bits per heavy atom. The quantitative estimate of drug-likeness (QED) is 0.373. The number of fused-ring (bicyclic) bond motifs is 5. The lowest BCUT2D eigenvalue weighted by atomic mass is 9.80. The van der Waals surface area contributed by atoms with Crippen LogP contribution >= 0.6 is 0 Å². The van der Waals surface area contributed by atoms with E-state index >= 15 is 0 Å². The van der Waals surface area contributed by atoms with Crippen molar-refractivity contribution in [2.45, 2.75) is 11.8 Å². The molecule has 6 rings (SSSR count). The molecule has 4 aromatic carbocycles. The summed E-state index contributed by atoms with van der Waals surface area (Å²) in [7, 11) is 0. The van der Waals surface area contributed by atoms with Crippen LogP contribution < -0.4 is 20.9 Å². The van der Waals surface area contributed by atoms with E-state index in [-0.39, 0.29) is 22.9 Å². The summed E-state index contributed by atoms with van der Waals surface area (Å²) in [6.45, 7) is 0. The van der Waals surface area contributed by atoms with Crippen LogP contribution in [0.1, 0.15) is 45.2 Å². The second kappa shape index (κ2) is 9.26. The normalized spacial score (nSPS) is 17.3. The minimum Gasteiger partial charge on any atom is -0.440 e. The van der Waals surface area contributed by atoms with Crippen molar-refractivity contribution >= 4 is 10.8 Å². The maximum absolute atomic E-state index is 9.94. The molecule has 0 spiro atoms. The Balaban J connectivity index is 1.55. The van der Waals surface area contributed by atoms with Crippen LogP contribution in [0.4, 0.5) is 0 Å². The molecule has 0 saturated carbocycles. The van der Waals surface area contributed by atoms with Crippen LogP contribution in [0.3, 0.4) is 0 Å². The highest BCUT2D eigenvalue weighted by molar-refractivity contribution is 5.97. The smallest absolute Gasteiger partial charge is 0.205 e. The summed E-state index contributed by atoms with van der Waals surface area (Å²) in [6, 6.07) is 30.1. The highest BCUT2D eigenvalue weighted by atomic mass is 16.5. The van der Waals surface area contributed by atoms with E-state index in [9.17, 15) is 21.0 Å². The van der Waals surface area contributed by atoms with Gasteiger partial charge in [0.25, 0.3) is 0 Å². The van der Waals surface area contributed by atoms with Crippen LogP contribution in [-0.2, 0) is 0 Å². The summed E-state index contributed by atoms with van der Waals surface area (Å²) in [5, 5.41) is 39.7. The third-order valence-corrected chi connectivity index (χ3v) is 7.30. The Labute approximate surface area is 229 Å². The minimum absolute atomic E-state index is 0.00265. The molecule has 0 aliphatic carbocycles. The molecule has 0 aromatic heterocycles. The fourth-order valence-electron chi connectivity index (χ4n) is 5.42. The number of ether oxygens (including phenoxy) is 2. The minimum atomic E-state index is -0.496. The highest BCUT2D eigenvalue weighted by Gasteiger charge is 2.35. The fourth-order valence-corrected chi connectivity index (χ4v) is 5.42. The van der Waals surface area contributed by atoms with Gasteiger partial charge < -0.3 is 20.9 Å². The molecular weight excluding hydrogens is 500 g/mol. The van der Waals surface area contributed by atoms with Gasteiger partial charge in [-0.05, 0) is 35.4 Å². The molecule has 2 heterocycles. The van der Waals surface area contributed by atoms with Gasteiger partial charge >= 0.3 is 0 Å². The van der Waals surface area contributed by atoms with Gasteiger partial charge in [0.2, 0.25) is 11.8 Å². The summed E-state index contributed by atoms with van der Waals surface area (Å²) in [5.74, 6) is -0.0281. The first-order chi connectivity index (χ1) is 19.5. The van der Waals surface area contributed by atoms with Crippen LogP contribution in [0, 0.1) is 45.3 Å². The Hall–Kier alpha value is -6.22. The molecule has 2 aliphatic rings. The zero-order chi connectivity index (χ0) is 28.0. The number of nitrogens with two attached hydrogens (primary N) is 2. The SMILES string of the molecule is N#CC1=C(N)Oc2c(ccc3c4c(ccc23)C(c2ccc(C#N)cc2)C(C#N)=C(N)O4)C1c1ccc(C#N)cc1. The molecule has 2 atom stereocenters. The van der Waals surface area contributed by atoms with Crippen molar-refractivity contribution < 1.29 is 9.47 Å². The third-order valence-electron chi connectivity index (χ3n) is 7.30. The standard InChI is InChI=1S/C32H18N6O2/c33-13-17-1-5-19(6-2-17)27-23-11-9-22-21(29(23)39-31(37)25(27)15-35)10-12-24-28(20-7-3-18(14-34)4-8-20)26(16-36)32(38)40-30(22)24/h1-12,27-28H,37-38H2. The van der Waals surface area contributed by atoms with Crippen molar-refractivity contribution in [1.29, 1.82) is 21.0 Å². The largest absolute Gasteiger partial charge is 0.440 e. The fraction of sp³-hybridized carbons (Fsp3) is 0.0625. The maximum Gasteiger partial charge on any atom is 0.205 e. The molecule has 4 aromatic rings. The monoisotopic (exact) mass is 518 g/mol. The number of allylic oxidation sites excluding steroid dienone is 2. The average Bonchev–Trinajstić information content (AvgIpc) is 2.99. The van der Waals surface area contributed by atoms with E-state index in [0.717, 1.165) is 22.3 Å². The zero-order valence-corrected chi connectivity index (χ0v) is 20.8. The van der Waals surface area contributed by atoms with Gasteiger partial charge in [-0.15, -0.1) is 0 Å². The Morgan fingerprint density at radius 1 is 0.500 bits per heavy atom. The van der Waals surface area contributed by atoms with E-state index in [2.05, 4.69) is 24.3 Å². The molecule has 0 amide bonds. The van der Waals surface area contributed by atoms with Gasteiger partial charge in [0.1, 0.15) is 34.8 Å². The van der Waals surface area contributed by atoms with Crippen LogP contribution in [0.25, 0.3) is 10.8 Å². The molecule has 188 valence electrons. The maximum atomic E-state index is 9.94. The van der Waals surface area contributed by atoms with Crippen LogP contribution in [0.2, 0.25) is 0 Å². The molecule has 40 heavy (non-hydrogen) atoms. The lowest BCUT2D eigenvalue weighted by Gasteiger charge is -2.30. The molecule has 8 nitrogen and oxygen atoms in total. The summed E-state index contributed by atoms with van der Waals surface area (Å²) < 4.78 is 12.1. The van der Waals surface area contributed by atoms with Crippen molar-refractivity contribution in [3.8, 4) is 35.8 Å². The molecule has 0 saturated heterocycles. The van der Waals surface area contributed by atoms with E-state index in [4.69, 9.17) is 20.9 Å². The van der Waals surface area contributed by atoms with Gasteiger partial charge in [-0.2, -0.15) is 21.0 Å². The first-order valence-electron chi connectivity index (χ1n) is 12.2. The Morgan fingerprint density at radius 2 is 0.875 bits per heavy atom. The Kier molecular flexibility index (Phi) is 5.59. The average molecular weight is 519 g/mol. The number of rotatable bonds is 2. The van der Waals surface area contributed by atoms with E-state index in [1.807, 2.05) is 24.3 Å². The lowest BCUT2D eigenvalue weighted by molar-refractivity contribution is 0.393. The van der Waals surface area contributed by atoms with Gasteiger partial charge in [0, 0.05) is 21.9 Å². The summed E-state index contributed by atoms with van der Waals surface area (Å²) in [5.41, 5.74) is 17.2. The van der Waals surface area contributed by atoms with Gasteiger partial charge in [-0.3, -0.25) is 0 Å². The molecule has 0 fully saturated rings. The highest BCUT2D eigenvalue weighted by Crippen LogP contribution is 2.50. The van der Waals surface area contributed by atoms with Gasteiger partial charge in [-0.25, -0.2) is 0 Å². The molecule has 2 aliphatic heterocycles. The number of hydrogen-bond donors (Lipinski definition) is 2. The summed E-state index contributed by atoms with van der Waals surface area (Å²) >= 11 is 0. The van der Waals surface area contributed by atoms with Gasteiger partial charge in [-0.1, -0.05) is 48.5 Å². The number of benzene rings is 4. The molecule has 0 bridgehead atoms. The van der Waals surface area contributed by atoms with Crippen LogP contribution in [0.5, 0.6) is 11.5 Å². The van der Waals surface area contributed by atoms with Crippen LogP contribution in [-0.4, -0.2) is 0 Å². The number of nitriles is 4. The van der Waals surface area contributed by atoms with Gasteiger partial charge in [0.05, 0.1) is 35.1 Å². The van der Waals surface area contributed by atoms with Crippen molar-refractivity contribution in [2.24, 2.45) is 11.5 Å². The second-order valence-electron chi connectivity index (χ2n) is 9.38. The predicted molar refractivity (Wildman–Crippen MR) is 145 cm³/mol. The topological polar surface area (TPSA) is 166 Å². The summed E-state index contributed by atoms with van der Waals surface area (Å²) in [6.07, 6.45) is 0. The molecule has 0 radical (unpaired) electrons. The zero-order valence-electron chi connectivity index (χ0n) is 20.8. The van der Waals surface area contributed by atoms with Crippen molar-refractivity contribution in [3.05, 3.63) is 129 Å². The van der Waals surface area contributed by atoms with E-state index in [1.165, 1.54) is 0 Å². The summed E-state index contributed by atoms with van der Waals surface area (Å²) in [4.78, 5) is 0. The Bertz CT molecular complexity index is 1820. The van der Waals surface area contributed by atoms with E-state index in [1.54, 1.807) is 48.5 Å². The van der Waals surface area contributed by atoms with Crippen molar-refractivity contribution in [3.63, 3.8) is 0 Å². The molecule has 4 N–H and O–H groups in total. The number of hydrogen-bond acceptors (Lipinski definition) is 8. The van der Waals surface area contributed by atoms with E-state index in [0.29, 0.717) is 33.4 Å². The van der Waals surface area contributed by atoms with E-state index < -0.39 is 11.8 Å². The molecule has 8 heteroatoms. The molecule has 2 unspecified atom stereocenters. The van der Waals surface area contributed by atoms with Crippen molar-refractivity contribution in [2.75, 3.05) is 0 Å². The number of nitrogens with zero attached hydrogens (tertiary/aromatic N) is 4. The lowest BCUT2D eigenvalue weighted by Crippen LogP contribution is -2.22. The third kappa shape index (κ3) is 3.57. The van der Waals surface area contributed by atoms with Crippen LogP contribution in [0.15, 0.2) is 95.7 Å².